The van der Waals surface area contributed by atoms with Crippen LogP contribution < -0.4 is 5.32 Å². The number of likely N-dealkylation sites (N-methyl/N-ethyl adjacent to an activating group) is 1. The molecule has 1 aromatic heterocycles. The molecule has 0 aliphatic carbocycles. The van der Waals surface area contributed by atoms with Gasteiger partial charge in [0, 0.05) is 26.1 Å². The molecule has 0 spiro atoms. The highest BCUT2D eigenvalue weighted by molar-refractivity contribution is 5.84. The molecule has 1 aromatic rings. The summed E-state index contributed by atoms with van der Waals surface area (Å²) >= 11 is 0. The third-order valence-electron chi connectivity index (χ3n) is 3.06. The van der Waals surface area contributed by atoms with Gasteiger partial charge in [0.05, 0.1) is 6.54 Å². The zero-order chi connectivity index (χ0) is 13.1. The van der Waals surface area contributed by atoms with Gasteiger partial charge in [-0.15, -0.1) is 0 Å². The fraction of sp³-hybridized carbons (Fsp3) is 0.500. The maximum Gasteiger partial charge on any atom is 0.371 e. The SMILES string of the molecule is CN1CC(NCc2ccc(C(=O)O)o2)CCC1=O. The number of hydrogen-bond donors (Lipinski definition) is 2. The summed E-state index contributed by atoms with van der Waals surface area (Å²) in [7, 11) is 1.78. The van der Waals surface area contributed by atoms with E-state index in [1.54, 1.807) is 18.0 Å². The number of nitrogens with one attached hydrogen (secondary N) is 1. The first-order chi connectivity index (χ1) is 8.56. The number of likely N-dealkylation sites (tertiary alicyclic amines) is 1. The van der Waals surface area contributed by atoms with Gasteiger partial charge in [0.2, 0.25) is 11.7 Å². The summed E-state index contributed by atoms with van der Waals surface area (Å²) in [5.41, 5.74) is 0. The Balaban J connectivity index is 1.84. The molecule has 1 amide bonds. The number of furan rings is 1. The third-order valence-corrected chi connectivity index (χ3v) is 3.06. The van der Waals surface area contributed by atoms with E-state index < -0.39 is 5.97 Å². The van der Waals surface area contributed by atoms with Gasteiger partial charge in [0.15, 0.2) is 0 Å². The Bertz CT molecular complexity index is 455. The van der Waals surface area contributed by atoms with Gasteiger partial charge in [-0.25, -0.2) is 4.79 Å². The molecule has 1 saturated heterocycles. The van der Waals surface area contributed by atoms with Crippen LogP contribution in [0.2, 0.25) is 0 Å². The number of carbonyl (C=O) groups excluding carboxylic acids is 1. The molecule has 0 radical (unpaired) electrons. The Morgan fingerprint density at radius 2 is 2.39 bits per heavy atom. The molecule has 0 bridgehead atoms. The minimum absolute atomic E-state index is 0.0530. The molecule has 1 unspecified atom stereocenters. The topological polar surface area (TPSA) is 82.8 Å². The van der Waals surface area contributed by atoms with Gasteiger partial charge in [0.1, 0.15) is 5.76 Å². The van der Waals surface area contributed by atoms with Gasteiger partial charge >= 0.3 is 5.97 Å². The van der Waals surface area contributed by atoms with E-state index in [2.05, 4.69) is 5.32 Å². The van der Waals surface area contributed by atoms with E-state index in [9.17, 15) is 9.59 Å². The predicted octanol–water partition coefficient (Wildman–Crippen LogP) is 0.688. The molecular formula is C12H16N2O4. The van der Waals surface area contributed by atoms with Crippen LogP contribution in [0.25, 0.3) is 0 Å². The standard InChI is InChI=1S/C12H16N2O4/c1-14-7-8(2-5-11(14)15)13-6-9-3-4-10(18-9)12(16)17/h3-4,8,13H,2,5-7H2,1H3,(H,16,17). The summed E-state index contributed by atoms with van der Waals surface area (Å²) in [6.45, 7) is 1.14. The van der Waals surface area contributed by atoms with Crippen LogP contribution in [-0.2, 0) is 11.3 Å². The number of nitrogens with zero attached hydrogens (tertiary/aromatic N) is 1. The zero-order valence-electron chi connectivity index (χ0n) is 10.2. The normalized spacial score (nSPS) is 20.2. The van der Waals surface area contributed by atoms with Crippen molar-refractivity contribution in [3.63, 3.8) is 0 Å². The Morgan fingerprint density at radius 3 is 3.00 bits per heavy atom. The van der Waals surface area contributed by atoms with Crippen LogP contribution in [0, 0.1) is 0 Å². The van der Waals surface area contributed by atoms with Crippen LogP contribution in [0.5, 0.6) is 0 Å². The summed E-state index contributed by atoms with van der Waals surface area (Å²) in [5.74, 6) is -0.363. The lowest BCUT2D eigenvalue weighted by Gasteiger charge is -2.30. The minimum atomic E-state index is -1.07. The molecule has 6 nitrogen and oxygen atoms in total. The van der Waals surface area contributed by atoms with E-state index in [0.29, 0.717) is 25.3 Å². The van der Waals surface area contributed by atoms with Crippen molar-refractivity contribution >= 4 is 11.9 Å². The maximum atomic E-state index is 11.3. The van der Waals surface area contributed by atoms with Gasteiger partial charge in [-0.2, -0.15) is 0 Å². The van der Waals surface area contributed by atoms with Crippen molar-refractivity contribution in [3.05, 3.63) is 23.7 Å². The molecule has 1 fully saturated rings. The van der Waals surface area contributed by atoms with E-state index in [4.69, 9.17) is 9.52 Å². The fourth-order valence-corrected chi connectivity index (χ4v) is 2.01. The maximum absolute atomic E-state index is 11.3. The second-order valence-corrected chi connectivity index (χ2v) is 4.46. The first kappa shape index (κ1) is 12.6. The quantitative estimate of drug-likeness (QED) is 0.823. The largest absolute Gasteiger partial charge is 0.475 e. The lowest BCUT2D eigenvalue weighted by atomic mass is 10.1. The molecule has 2 heterocycles. The van der Waals surface area contributed by atoms with Gasteiger partial charge in [-0.3, -0.25) is 4.79 Å². The number of aromatic carboxylic acids is 1. The average molecular weight is 252 g/mol. The number of amides is 1. The molecule has 18 heavy (non-hydrogen) atoms. The number of hydrogen-bond acceptors (Lipinski definition) is 4. The van der Waals surface area contributed by atoms with Crippen molar-refractivity contribution < 1.29 is 19.1 Å². The molecule has 0 aromatic carbocycles. The van der Waals surface area contributed by atoms with Crippen LogP contribution in [0.1, 0.15) is 29.2 Å². The van der Waals surface area contributed by atoms with Crippen LogP contribution in [-0.4, -0.2) is 41.5 Å². The molecular weight excluding hydrogens is 236 g/mol. The molecule has 1 aliphatic rings. The predicted molar refractivity (Wildman–Crippen MR) is 63.2 cm³/mol. The van der Waals surface area contributed by atoms with Crippen molar-refractivity contribution in [3.8, 4) is 0 Å². The van der Waals surface area contributed by atoms with Crippen molar-refractivity contribution in [1.29, 1.82) is 0 Å². The second-order valence-electron chi connectivity index (χ2n) is 4.46. The molecule has 1 atom stereocenters. The molecule has 1 aliphatic heterocycles. The smallest absolute Gasteiger partial charge is 0.371 e. The molecule has 2 rings (SSSR count). The number of piperidine rings is 1. The molecule has 98 valence electrons. The highest BCUT2D eigenvalue weighted by atomic mass is 16.4. The van der Waals surface area contributed by atoms with Crippen molar-refractivity contribution in [2.75, 3.05) is 13.6 Å². The first-order valence-corrected chi connectivity index (χ1v) is 5.85. The van der Waals surface area contributed by atoms with Crippen LogP contribution in [0.3, 0.4) is 0 Å². The zero-order valence-corrected chi connectivity index (χ0v) is 10.2. The van der Waals surface area contributed by atoms with Gasteiger partial charge in [-0.05, 0) is 18.6 Å². The Hall–Kier alpha value is -1.82. The third kappa shape index (κ3) is 2.89. The highest BCUT2D eigenvalue weighted by Gasteiger charge is 2.22. The van der Waals surface area contributed by atoms with Crippen LogP contribution >= 0.6 is 0 Å². The summed E-state index contributed by atoms with van der Waals surface area (Å²) in [5, 5.41) is 12.0. The Kier molecular flexibility index (Phi) is 3.66. The first-order valence-electron chi connectivity index (χ1n) is 5.85. The summed E-state index contributed by atoms with van der Waals surface area (Å²) in [4.78, 5) is 23.6. The summed E-state index contributed by atoms with van der Waals surface area (Å²) in [6.07, 6.45) is 1.35. The number of carboxylic acid groups (broad SMARTS) is 1. The summed E-state index contributed by atoms with van der Waals surface area (Å²) < 4.78 is 5.14. The van der Waals surface area contributed by atoms with E-state index >= 15 is 0 Å². The van der Waals surface area contributed by atoms with E-state index in [1.807, 2.05) is 0 Å². The van der Waals surface area contributed by atoms with Gasteiger partial charge in [0.25, 0.3) is 0 Å². The van der Waals surface area contributed by atoms with Gasteiger partial charge in [-0.1, -0.05) is 0 Å². The average Bonchev–Trinajstić information content (AvgIpc) is 2.79. The molecule has 2 N–H and O–H groups in total. The lowest BCUT2D eigenvalue weighted by Crippen LogP contribution is -2.46. The van der Waals surface area contributed by atoms with Crippen LogP contribution in [0.15, 0.2) is 16.5 Å². The number of carbonyl (C=O) groups is 2. The molecule has 0 saturated carbocycles. The lowest BCUT2D eigenvalue weighted by molar-refractivity contribution is -0.132. The Morgan fingerprint density at radius 1 is 1.61 bits per heavy atom. The highest BCUT2D eigenvalue weighted by Crippen LogP contribution is 2.12. The van der Waals surface area contributed by atoms with Crippen molar-refractivity contribution in [2.45, 2.75) is 25.4 Å². The van der Waals surface area contributed by atoms with Gasteiger partial charge < -0.3 is 19.7 Å². The molecule has 6 heteroatoms. The van der Waals surface area contributed by atoms with Crippen molar-refractivity contribution in [2.24, 2.45) is 0 Å². The Labute approximate surface area is 105 Å². The monoisotopic (exact) mass is 252 g/mol. The van der Waals surface area contributed by atoms with E-state index in [1.165, 1.54) is 6.07 Å². The summed E-state index contributed by atoms with van der Waals surface area (Å²) in [6, 6.07) is 3.32. The van der Waals surface area contributed by atoms with Crippen molar-refractivity contribution in [1.82, 2.24) is 10.2 Å². The number of carboxylic acids is 1. The number of rotatable bonds is 4. The fourth-order valence-electron chi connectivity index (χ4n) is 2.01. The van der Waals surface area contributed by atoms with E-state index in [0.717, 1.165) is 6.42 Å². The van der Waals surface area contributed by atoms with Crippen LogP contribution in [0.4, 0.5) is 0 Å². The minimum Gasteiger partial charge on any atom is -0.475 e. The van der Waals surface area contributed by atoms with E-state index in [-0.39, 0.29) is 17.7 Å². The second kappa shape index (κ2) is 5.22.